The Kier molecular flexibility index (Phi) is 7.03. The predicted molar refractivity (Wildman–Crippen MR) is 86.7 cm³/mol. The van der Waals surface area contributed by atoms with Crippen molar-refractivity contribution in [3.8, 4) is 5.75 Å². The first kappa shape index (κ1) is 17.0. The molecule has 1 unspecified atom stereocenters. The van der Waals surface area contributed by atoms with Gasteiger partial charge in [0.2, 0.25) is 0 Å². The van der Waals surface area contributed by atoms with Crippen LogP contribution in [0.2, 0.25) is 0 Å². The fourth-order valence-corrected chi connectivity index (χ4v) is 2.84. The standard InChI is InChI=1S/C17H30N2O/c1-7-19(8-2)10-9-15(18-5)17-14(4)11-13(3)12-16(17)20-6/h11-12,15,18H,7-10H2,1-6H3. The molecule has 3 heteroatoms. The second-order valence-corrected chi connectivity index (χ2v) is 5.35. The minimum absolute atomic E-state index is 0.339. The van der Waals surface area contributed by atoms with Crippen molar-refractivity contribution in [1.82, 2.24) is 10.2 Å². The SMILES string of the molecule is CCN(CC)CCC(NC)c1c(C)cc(C)cc1OC. The van der Waals surface area contributed by atoms with Crippen LogP contribution in [0.4, 0.5) is 0 Å². The second-order valence-electron chi connectivity index (χ2n) is 5.35. The summed E-state index contributed by atoms with van der Waals surface area (Å²) in [6.45, 7) is 12.0. The van der Waals surface area contributed by atoms with Gasteiger partial charge in [-0.1, -0.05) is 19.9 Å². The molecule has 0 saturated heterocycles. The monoisotopic (exact) mass is 278 g/mol. The van der Waals surface area contributed by atoms with Crippen LogP contribution in [0.1, 0.15) is 43.0 Å². The zero-order valence-electron chi connectivity index (χ0n) is 13.9. The molecule has 0 heterocycles. The summed E-state index contributed by atoms with van der Waals surface area (Å²) in [6.07, 6.45) is 1.10. The molecule has 0 spiro atoms. The largest absolute Gasteiger partial charge is 0.496 e. The molecule has 0 amide bonds. The van der Waals surface area contributed by atoms with Gasteiger partial charge < -0.3 is 15.0 Å². The Hall–Kier alpha value is -1.06. The van der Waals surface area contributed by atoms with E-state index in [1.807, 2.05) is 7.05 Å². The third-order valence-electron chi connectivity index (χ3n) is 4.04. The summed E-state index contributed by atoms with van der Waals surface area (Å²) in [5.74, 6) is 1.00. The molecule has 0 saturated carbocycles. The van der Waals surface area contributed by atoms with Gasteiger partial charge in [0.05, 0.1) is 7.11 Å². The highest BCUT2D eigenvalue weighted by Gasteiger charge is 2.18. The molecule has 0 aromatic heterocycles. The zero-order chi connectivity index (χ0) is 15.1. The first-order chi connectivity index (χ1) is 9.57. The van der Waals surface area contributed by atoms with E-state index in [1.54, 1.807) is 7.11 Å². The van der Waals surface area contributed by atoms with Crippen LogP contribution in [-0.4, -0.2) is 38.7 Å². The van der Waals surface area contributed by atoms with Crippen LogP contribution in [0.15, 0.2) is 12.1 Å². The molecular formula is C17H30N2O. The molecule has 20 heavy (non-hydrogen) atoms. The van der Waals surface area contributed by atoms with Gasteiger partial charge >= 0.3 is 0 Å². The first-order valence-electron chi connectivity index (χ1n) is 7.62. The van der Waals surface area contributed by atoms with Crippen LogP contribution in [0.5, 0.6) is 5.75 Å². The summed E-state index contributed by atoms with van der Waals surface area (Å²) in [6, 6.07) is 4.70. The van der Waals surface area contributed by atoms with Crippen LogP contribution in [0, 0.1) is 13.8 Å². The number of hydrogen-bond donors (Lipinski definition) is 1. The molecule has 0 aliphatic rings. The van der Waals surface area contributed by atoms with Gasteiger partial charge in [-0.2, -0.15) is 0 Å². The molecule has 1 aromatic rings. The van der Waals surface area contributed by atoms with E-state index >= 15 is 0 Å². The number of ether oxygens (including phenoxy) is 1. The van der Waals surface area contributed by atoms with E-state index in [1.165, 1.54) is 16.7 Å². The highest BCUT2D eigenvalue weighted by atomic mass is 16.5. The quantitative estimate of drug-likeness (QED) is 0.789. The number of nitrogens with zero attached hydrogens (tertiary/aromatic N) is 1. The number of methoxy groups -OCH3 is 1. The average Bonchev–Trinajstić information content (AvgIpc) is 2.44. The van der Waals surface area contributed by atoms with Crippen molar-refractivity contribution < 1.29 is 4.74 Å². The molecule has 1 atom stereocenters. The molecule has 1 N–H and O–H groups in total. The number of nitrogens with one attached hydrogen (secondary N) is 1. The Morgan fingerprint density at radius 1 is 1.20 bits per heavy atom. The highest BCUT2D eigenvalue weighted by molar-refractivity contribution is 5.45. The van der Waals surface area contributed by atoms with E-state index in [0.717, 1.165) is 31.8 Å². The van der Waals surface area contributed by atoms with E-state index in [-0.39, 0.29) is 0 Å². The fraction of sp³-hybridized carbons (Fsp3) is 0.647. The third kappa shape index (κ3) is 4.22. The van der Waals surface area contributed by atoms with Crippen molar-refractivity contribution >= 4 is 0 Å². The van der Waals surface area contributed by atoms with Crippen LogP contribution < -0.4 is 10.1 Å². The van der Waals surface area contributed by atoms with Crippen molar-refractivity contribution in [2.24, 2.45) is 0 Å². The Morgan fingerprint density at radius 3 is 2.35 bits per heavy atom. The Labute approximate surface area is 124 Å². The van der Waals surface area contributed by atoms with Crippen molar-refractivity contribution in [1.29, 1.82) is 0 Å². The van der Waals surface area contributed by atoms with Crippen molar-refractivity contribution in [3.05, 3.63) is 28.8 Å². The van der Waals surface area contributed by atoms with Gasteiger partial charge in [-0.25, -0.2) is 0 Å². The average molecular weight is 278 g/mol. The number of benzene rings is 1. The Morgan fingerprint density at radius 2 is 1.85 bits per heavy atom. The van der Waals surface area contributed by atoms with Gasteiger partial charge in [-0.3, -0.25) is 0 Å². The van der Waals surface area contributed by atoms with Crippen molar-refractivity contribution in [2.75, 3.05) is 33.8 Å². The van der Waals surface area contributed by atoms with Gasteiger partial charge in [0, 0.05) is 11.6 Å². The smallest absolute Gasteiger partial charge is 0.124 e. The summed E-state index contributed by atoms with van der Waals surface area (Å²) in [5.41, 5.74) is 3.86. The molecule has 1 aromatic carbocycles. The molecule has 1 rings (SSSR count). The lowest BCUT2D eigenvalue weighted by Crippen LogP contribution is -2.28. The predicted octanol–water partition coefficient (Wildman–Crippen LogP) is 3.30. The normalized spacial score (nSPS) is 12.8. The van der Waals surface area contributed by atoms with Crippen LogP contribution in [0.3, 0.4) is 0 Å². The zero-order valence-corrected chi connectivity index (χ0v) is 13.9. The molecule has 114 valence electrons. The number of rotatable bonds is 8. The van der Waals surface area contributed by atoms with E-state index < -0.39 is 0 Å². The Balaban J connectivity index is 2.94. The van der Waals surface area contributed by atoms with Gasteiger partial charge in [0.15, 0.2) is 0 Å². The van der Waals surface area contributed by atoms with E-state index in [0.29, 0.717) is 6.04 Å². The third-order valence-corrected chi connectivity index (χ3v) is 4.04. The maximum absolute atomic E-state index is 5.60. The van der Waals surface area contributed by atoms with E-state index in [4.69, 9.17) is 4.74 Å². The van der Waals surface area contributed by atoms with Crippen molar-refractivity contribution in [2.45, 2.75) is 40.2 Å². The minimum Gasteiger partial charge on any atom is -0.496 e. The fourth-order valence-electron chi connectivity index (χ4n) is 2.84. The summed E-state index contributed by atoms with van der Waals surface area (Å²) in [7, 11) is 3.79. The lowest BCUT2D eigenvalue weighted by molar-refractivity contribution is 0.282. The molecule has 3 nitrogen and oxygen atoms in total. The number of aryl methyl sites for hydroxylation is 2. The van der Waals surface area contributed by atoms with Gasteiger partial charge in [-0.15, -0.1) is 0 Å². The lowest BCUT2D eigenvalue weighted by Gasteiger charge is -2.25. The summed E-state index contributed by atoms with van der Waals surface area (Å²) in [5, 5.41) is 3.45. The summed E-state index contributed by atoms with van der Waals surface area (Å²) >= 11 is 0. The van der Waals surface area contributed by atoms with Crippen LogP contribution >= 0.6 is 0 Å². The molecule has 0 aliphatic carbocycles. The lowest BCUT2D eigenvalue weighted by atomic mass is 9.95. The molecule has 0 bridgehead atoms. The van der Waals surface area contributed by atoms with Crippen LogP contribution in [-0.2, 0) is 0 Å². The molecular weight excluding hydrogens is 248 g/mol. The topological polar surface area (TPSA) is 24.5 Å². The number of hydrogen-bond acceptors (Lipinski definition) is 3. The molecule has 0 aliphatic heterocycles. The Bertz CT molecular complexity index is 414. The van der Waals surface area contributed by atoms with Gasteiger partial charge in [-0.05, 0) is 64.1 Å². The van der Waals surface area contributed by atoms with Crippen LogP contribution in [0.25, 0.3) is 0 Å². The van der Waals surface area contributed by atoms with E-state index in [2.05, 4.69) is 50.0 Å². The van der Waals surface area contributed by atoms with Gasteiger partial charge in [0.25, 0.3) is 0 Å². The maximum atomic E-state index is 5.60. The highest BCUT2D eigenvalue weighted by Crippen LogP contribution is 2.31. The molecule has 0 radical (unpaired) electrons. The maximum Gasteiger partial charge on any atom is 0.124 e. The summed E-state index contributed by atoms with van der Waals surface area (Å²) in [4.78, 5) is 2.46. The van der Waals surface area contributed by atoms with Crippen molar-refractivity contribution in [3.63, 3.8) is 0 Å². The minimum atomic E-state index is 0.339. The second kappa shape index (κ2) is 8.28. The summed E-state index contributed by atoms with van der Waals surface area (Å²) < 4.78 is 5.60. The first-order valence-corrected chi connectivity index (χ1v) is 7.62. The molecule has 0 fully saturated rings. The van der Waals surface area contributed by atoms with Gasteiger partial charge in [0.1, 0.15) is 5.75 Å². The van der Waals surface area contributed by atoms with E-state index in [9.17, 15) is 0 Å².